The number of unbranched alkanes of at least 4 members (excludes halogenated alkanes) is 7. The Balaban J connectivity index is 3.83. The van der Waals surface area contributed by atoms with Gasteiger partial charge in [0.1, 0.15) is 5.78 Å². The Morgan fingerprint density at radius 1 is 0.654 bits per heavy atom. The second kappa shape index (κ2) is 18.9. The third-order valence-electron chi connectivity index (χ3n) is 5.06. The van der Waals surface area contributed by atoms with Crippen molar-refractivity contribution in [2.75, 3.05) is 6.61 Å². The molecule has 0 fully saturated rings. The number of carbonyl (C=O) groups excluding carboxylic acids is 2. The van der Waals surface area contributed by atoms with Gasteiger partial charge in [-0.2, -0.15) is 0 Å². The van der Waals surface area contributed by atoms with E-state index >= 15 is 0 Å². The van der Waals surface area contributed by atoms with Gasteiger partial charge in [0, 0.05) is 19.3 Å². The summed E-state index contributed by atoms with van der Waals surface area (Å²) >= 11 is 0. The van der Waals surface area contributed by atoms with E-state index in [2.05, 4.69) is 20.8 Å². The summed E-state index contributed by atoms with van der Waals surface area (Å²) in [7, 11) is 0. The molecular weight excluding hydrogens is 324 g/mol. The molecule has 0 radical (unpaired) electrons. The molecule has 0 bridgehead atoms. The molecular formula is C23H44O3. The SMILES string of the molecule is CCCCCC(=O)CCCCC(=O)OCC(CCCCC)CCCCC. The number of esters is 1. The third-order valence-corrected chi connectivity index (χ3v) is 5.06. The molecule has 0 amide bonds. The van der Waals surface area contributed by atoms with E-state index in [0.717, 1.165) is 32.1 Å². The van der Waals surface area contributed by atoms with Crippen LogP contribution >= 0.6 is 0 Å². The van der Waals surface area contributed by atoms with Crippen molar-refractivity contribution in [1.82, 2.24) is 0 Å². The average Bonchev–Trinajstić information content (AvgIpc) is 2.63. The largest absolute Gasteiger partial charge is 0.465 e. The maximum Gasteiger partial charge on any atom is 0.305 e. The lowest BCUT2D eigenvalue weighted by Crippen LogP contribution is -2.14. The van der Waals surface area contributed by atoms with Gasteiger partial charge in [-0.3, -0.25) is 9.59 Å². The number of Topliss-reactive ketones (excluding diaryl/α,β-unsaturated/α-hetero) is 1. The highest BCUT2D eigenvalue weighted by Crippen LogP contribution is 2.18. The number of carbonyl (C=O) groups is 2. The molecule has 0 aliphatic carbocycles. The molecule has 3 heteroatoms. The normalized spacial score (nSPS) is 11.1. The van der Waals surface area contributed by atoms with E-state index in [1.807, 2.05) is 0 Å². The number of ether oxygens (including phenoxy) is 1. The van der Waals surface area contributed by atoms with Crippen molar-refractivity contribution >= 4 is 11.8 Å². The van der Waals surface area contributed by atoms with Crippen LogP contribution in [0.15, 0.2) is 0 Å². The number of rotatable bonds is 19. The summed E-state index contributed by atoms with van der Waals surface area (Å²) in [5, 5.41) is 0. The fraction of sp³-hybridized carbons (Fsp3) is 0.913. The van der Waals surface area contributed by atoms with Crippen molar-refractivity contribution in [1.29, 1.82) is 0 Å². The molecule has 26 heavy (non-hydrogen) atoms. The van der Waals surface area contributed by atoms with E-state index in [4.69, 9.17) is 4.74 Å². The summed E-state index contributed by atoms with van der Waals surface area (Å²) in [6, 6.07) is 0. The summed E-state index contributed by atoms with van der Waals surface area (Å²) < 4.78 is 5.53. The van der Waals surface area contributed by atoms with Gasteiger partial charge < -0.3 is 4.74 Å². The van der Waals surface area contributed by atoms with E-state index in [0.29, 0.717) is 37.6 Å². The minimum atomic E-state index is -0.0839. The Morgan fingerprint density at radius 2 is 1.12 bits per heavy atom. The van der Waals surface area contributed by atoms with Crippen molar-refractivity contribution in [3.05, 3.63) is 0 Å². The molecule has 154 valence electrons. The van der Waals surface area contributed by atoms with Gasteiger partial charge >= 0.3 is 5.97 Å². The molecule has 0 saturated heterocycles. The molecule has 0 atom stereocenters. The number of ketones is 1. The number of hydrogen-bond acceptors (Lipinski definition) is 3. The van der Waals surface area contributed by atoms with Crippen molar-refractivity contribution in [2.24, 2.45) is 5.92 Å². The van der Waals surface area contributed by atoms with Crippen molar-refractivity contribution in [3.8, 4) is 0 Å². The van der Waals surface area contributed by atoms with Crippen molar-refractivity contribution in [3.63, 3.8) is 0 Å². The van der Waals surface area contributed by atoms with Crippen LogP contribution in [0.25, 0.3) is 0 Å². The first kappa shape index (κ1) is 25.1. The Morgan fingerprint density at radius 3 is 1.65 bits per heavy atom. The van der Waals surface area contributed by atoms with E-state index < -0.39 is 0 Å². The van der Waals surface area contributed by atoms with Gasteiger partial charge in [0.25, 0.3) is 0 Å². The highest BCUT2D eigenvalue weighted by atomic mass is 16.5. The summed E-state index contributed by atoms with van der Waals surface area (Å²) in [6.07, 6.45) is 16.5. The van der Waals surface area contributed by atoms with Crippen LogP contribution in [0, 0.1) is 5.92 Å². The van der Waals surface area contributed by atoms with Gasteiger partial charge in [-0.05, 0) is 38.0 Å². The second-order valence-electron chi connectivity index (χ2n) is 7.74. The lowest BCUT2D eigenvalue weighted by molar-refractivity contribution is -0.145. The molecule has 0 rings (SSSR count). The number of hydrogen-bond donors (Lipinski definition) is 0. The van der Waals surface area contributed by atoms with Crippen molar-refractivity contribution in [2.45, 2.75) is 124 Å². The predicted molar refractivity (Wildman–Crippen MR) is 110 cm³/mol. The highest BCUT2D eigenvalue weighted by Gasteiger charge is 2.12. The zero-order chi connectivity index (χ0) is 19.5. The Hall–Kier alpha value is -0.860. The van der Waals surface area contributed by atoms with E-state index in [1.54, 1.807) is 0 Å². The first-order valence-electron chi connectivity index (χ1n) is 11.3. The molecule has 0 spiro atoms. The molecule has 0 aliphatic rings. The molecule has 0 aromatic rings. The fourth-order valence-corrected chi connectivity index (χ4v) is 3.25. The van der Waals surface area contributed by atoms with Crippen molar-refractivity contribution < 1.29 is 14.3 Å². The molecule has 0 N–H and O–H groups in total. The quantitative estimate of drug-likeness (QED) is 0.182. The Bertz CT molecular complexity index is 328. The standard InChI is InChI=1S/C23H44O3/c1-4-7-10-15-21(16-11-8-5-2)20-26-23(25)19-14-13-18-22(24)17-12-9-6-3/h21H,4-20H2,1-3H3. The zero-order valence-electron chi connectivity index (χ0n) is 17.8. The second-order valence-corrected chi connectivity index (χ2v) is 7.74. The molecule has 0 heterocycles. The third kappa shape index (κ3) is 16.6. The first-order valence-corrected chi connectivity index (χ1v) is 11.3. The van der Waals surface area contributed by atoms with E-state index in [9.17, 15) is 9.59 Å². The molecule has 0 aliphatic heterocycles. The maximum atomic E-state index is 12.0. The van der Waals surface area contributed by atoms with Crippen LogP contribution in [0.2, 0.25) is 0 Å². The monoisotopic (exact) mass is 368 g/mol. The molecule has 0 saturated carbocycles. The lowest BCUT2D eigenvalue weighted by Gasteiger charge is -2.17. The van der Waals surface area contributed by atoms with Gasteiger partial charge in [-0.1, -0.05) is 72.1 Å². The summed E-state index contributed by atoms with van der Waals surface area (Å²) in [6.45, 7) is 7.18. The molecule has 3 nitrogen and oxygen atoms in total. The minimum absolute atomic E-state index is 0.0839. The van der Waals surface area contributed by atoms with Crippen LogP contribution in [-0.2, 0) is 14.3 Å². The summed E-state index contributed by atoms with van der Waals surface area (Å²) in [4.78, 5) is 23.7. The molecule has 0 aromatic carbocycles. The van der Waals surface area contributed by atoms with Crippen LogP contribution in [0.4, 0.5) is 0 Å². The van der Waals surface area contributed by atoms with Crippen LogP contribution in [0.1, 0.15) is 124 Å². The van der Waals surface area contributed by atoms with E-state index in [1.165, 1.54) is 51.4 Å². The summed E-state index contributed by atoms with van der Waals surface area (Å²) in [5.41, 5.74) is 0. The van der Waals surface area contributed by atoms with Gasteiger partial charge in [0.2, 0.25) is 0 Å². The Kier molecular flexibility index (Phi) is 18.3. The summed E-state index contributed by atoms with van der Waals surface area (Å²) in [5.74, 6) is 0.787. The Labute approximate surface area is 162 Å². The predicted octanol–water partition coefficient (Wildman–Crippen LogP) is 7.02. The maximum absolute atomic E-state index is 12.0. The van der Waals surface area contributed by atoms with Crippen LogP contribution in [-0.4, -0.2) is 18.4 Å². The minimum Gasteiger partial charge on any atom is -0.465 e. The zero-order valence-corrected chi connectivity index (χ0v) is 17.8. The highest BCUT2D eigenvalue weighted by molar-refractivity contribution is 5.78. The van der Waals surface area contributed by atoms with Gasteiger partial charge in [0.15, 0.2) is 0 Å². The van der Waals surface area contributed by atoms with Crippen LogP contribution in [0.3, 0.4) is 0 Å². The molecule has 0 unspecified atom stereocenters. The van der Waals surface area contributed by atoms with Crippen LogP contribution in [0.5, 0.6) is 0 Å². The van der Waals surface area contributed by atoms with Gasteiger partial charge in [-0.15, -0.1) is 0 Å². The van der Waals surface area contributed by atoms with E-state index in [-0.39, 0.29) is 5.97 Å². The fourth-order valence-electron chi connectivity index (χ4n) is 3.25. The molecule has 0 aromatic heterocycles. The first-order chi connectivity index (χ1) is 12.6. The smallest absolute Gasteiger partial charge is 0.305 e. The van der Waals surface area contributed by atoms with Gasteiger partial charge in [0.05, 0.1) is 6.61 Å². The van der Waals surface area contributed by atoms with Gasteiger partial charge in [-0.25, -0.2) is 0 Å². The van der Waals surface area contributed by atoms with Crippen LogP contribution < -0.4 is 0 Å². The topological polar surface area (TPSA) is 43.4 Å². The lowest BCUT2D eigenvalue weighted by atomic mass is 9.96. The average molecular weight is 369 g/mol.